The van der Waals surface area contributed by atoms with Crippen LogP contribution in [-0.4, -0.2) is 91.6 Å². The SMILES string of the molecule is CC12CN3CCN(C1)CC(N1CCOCC1)(C3)C2=O. The number of hydrogen-bond acceptors (Lipinski definition) is 5. The van der Waals surface area contributed by atoms with Crippen molar-refractivity contribution in [3.63, 3.8) is 0 Å². The summed E-state index contributed by atoms with van der Waals surface area (Å²) in [5.74, 6) is 0.497. The van der Waals surface area contributed by atoms with E-state index < -0.39 is 0 Å². The number of ketones is 1. The van der Waals surface area contributed by atoms with Crippen LogP contribution in [0.15, 0.2) is 0 Å². The van der Waals surface area contributed by atoms with Crippen LogP contribution in [0.1, 0.15) is 6.92 Å². The summed E-state index contributed by atoms with van der Waals surface area (Å²) in [5, 5.41) is 0. The zero-order chi connectivity index (χ0) is 13.1. The monoisotopic (exact) mass is 265 g/mol. The number of Topliss-reactive ketones (excluding diaryl/α,β-unsaturated/α-hetero) is 1. The van der Waals surface area contributed by atoms with Crippen LogP contribution < -0.4 is 0 Å². The molecule has 5 saturated heterocycles. The van der Waals surface area contributed by atoms with Gasteiger partial charge in [-0.3, -0.25) is 19.5 Å². The highest BCUT2D eigenvalue weighted by Gasteiger charge is 2.61. The Balaban J connectivity index is 1.75. The minimum Gasteiger partial charge on any atom is -0.379 e. The van der Waals surface area contributed by atoms with Gasteiger partial charge in [-0.2, -0.15) is 0 Å². The summed E-state index contributed by atoms with van der Waals surface area (Å²) >= 11 is 0. The molecule has 0 aromatic carbocycles. The highest BCUT2D eigenvalue weighted by molar-refractivity contribution is 5.96. The first kappa shape index (κ1) is 12.3. The molecule has 0 amide bonds. The van der Waals surface area contributed by atoms with Crippen molar-refractivity contribution >= 4 is 5.78 Å². The average Bonchev–Trinajstić information content (AvgIpc) is 2.64. The van der Waals surface area contributed by atoms with Crippen LogP contribution in [0, 0.1) is 5.41 Å². The van der Waals surface area contributed by atoms with Crippen molar-refractivity contribution in [3.8, 4) is 0 Å². The van der Waals surface area contributed by atoms with Crippen LogP contribution >= 0.6 is 0 Å². The Morgan fingerprint density at radius 3 is 2.11 bits per heavy atom. The minimum absolute atomic E-state index is 0.161. The molecule has 0 saturated carbocycles. The molecule has 0 radical (unpaired) electrons. The maximum atomic E-state index is 13.1. The maximum Gasteiger partial charge on any atom is 0.164 e. The molecule has 5 heterocycles. The van der Waals surface area contributed by atoms with Crippen molar-refractivity contribution in [2.45, 2.75) is 12.5 Å². The van der Waals surface area contributed by atoms with Gasteiger partial charge in [0.25, 0.3) is 0 Å². The Hall–Kier alpha value is -0.490. The summed E-state index contributed by atoms with van der Waals surface area (Å²) in [7, 11) is 0. The number of carbonyl (C=O) groups is 1. The third-order valence-electron chi connectivity index (χ3n) is 5.44. The molecule has 0 aromatic rings. The number of fused-ring (bicyclic) bond motifs is 1. The third kappa shape index (κ3) is 1.65. The summed E-state index contributed by atoms with van der Waals surface area (Å²) in [6, 6.07) is 0. The number of ether oxygens (including phenoxy) is 1. The molecule has 5 nitrogen and oxygen atoms in total. The van der Waals surface area contributed by atoms with Gasteiger partial charge in [0.1, 0.15) is 5.54 Å². The largest absolute Gasteiger partial charge is 0.379 e. The zero-order valence-corrected chi connectivity index (χ0v) is 11.7. The lowest BCUT2D eigenvalue weighted by Gasteiger charge is -2.57. The van der Waals surface area contributed by atoms with E-state index in [1.165, 1.54) is 0 Å². The molecule has 4 bridgehead atoms. The Morgan fingerprint density at radius 1 is 0.947 bits per heavy atom. The van der Waals surface area contributed by atoms with E-state index in [-0.39, 0.29) is 11.0 Å². The van der Waals surface area contributed by atoms with Gasteiger partial charge in [0.05, 0.1) is 18.6 Å². The fourth-order valence-corrected chi connectivity index (χ4v) is 4.72. The molecule has 106 valence electrons. The Morgan fingerprint density at radius 2 is 1.53 bits per heavy atom. The van der Waals surface area contributed by atoms with Gasteiger partial charge in [0.2, 0.25) is 0 Å². The molecule has 5 fully saturated rings. The van der Waals surface area contributed by atoms with Gasteiger partial charge < -0.3 is 4.74 Å². The van der Waals surface area contributed by atoms with Gasteiger partial charge in [-0.15, -0.1) is 0 Å². The van der Waals surface area contributed by atoms with Crippen molar-refractivity contribution in [2.24, 2.45) is 5.41 Å². The lowest BCUT2D eigenvalue weighted by Crippen LogP contribution is -2.76. The number of carbonyl (C=O) groups excluding carboxylic acids is 1. The number of hydrogen-bond donors (Lipinski definition) is 0. The lowest BCUT2D eigenvalue weighted by molar-refractivity contribution is -0.163. The van der Waals surface area contributed by atoms with Gasteiger partial charge in [0.15, 0.2) is 5.78 Å². The molecule has 0 aliphatic carbocycles. The number of piperidine rings is 2. The quantitative estimate of drug-likeness (QED) is 0.625. The number of nitrogens with zero attached hydrogens (tertiary/aromatic N) is 3. The van der Waals surface area contributed by atoms with E-state index in [0.717, 1.165) is 65.6 Å². The molecular formula is C14H23N3O2. The van der Waals surface area contributed by atoms with Crippen LogP contribution in [0.2, 0.25) is 0 Å². The molecule has 19 heavy (non-hydrogen) atoms. The molecule has 0 aromatic heterocycles. The van der Waals surface area contributed by atoms with Gasteiger partial charge in [0, 0.05) is 52.4 Å². The van der Waals surface area contributed by atoms with Crippen LogP contribution in [0.3, 0.4) is 0 Å². The molecular weight excluding hydrogens is 242 g/mol. The first-order valence-corrected chi connectivity index (χ1v) is 7.45. The highest BCUT2D eigenvalue weighted by Crippen LogP contribution is 2.42. The summed E-state index contributed by atoms with van der Waals surface area (Å²) < 4.78 is 5.47. The molecule has 5 aliphatic rings. The molecule has 5 rings (SSSR count). The Kier molecular flexibility index (Phi) is 2.59. The van der Waals surface area contributed by atoms with Crippen LogP contribution in [-0.2, 0) is 9.53 Å². The molecule has 2 atom stereocenters. The van der Waals surface area contributed by atoms with Crippen molar-refractivity contribution in [1.82, 2.24) is 14.7 Å². The van der Waals surface area contributed by atoms with E-state index in [0.29, 0.717) is 5.78 Å². The predicted molar refractivity (Wildman–Crippen MR) is 71.1 cm³/mol. The lowest BCUT2D eigenvalue weighted by atomic mass is 9.67. The molecule has 2 unspecified atom stereocenters. The molecule has 5 heteroatoms. The van der Waals surface area contributed by atoms with E-state index in [1.807, 2.05) is 0 Å². The fraction of sp³-hybridized carbons (Fsp3) is 0.929. The summed E-state index contributed by atoms with van der Waals surface area (Å²) in [4.78, 5) is 20.6. The van der Waals surface area contributed by atoms with Crippen molar-refractivity contribution in [1.29, 1.82) is 0 Å². The molecule has 0 N–H and O–H groups in total. The second-order valence-corrected chi connectivity index (χ2v) is 6.94. The smallest absolute Gasteiger partial charge is 0.164 e. The van der Waals surface area contributed by atoms with Gasteiger partial charge in [-0.1, -0.05) is 6.92 Å². The zero-order valence-electron chi connectivity index (χ0n) is 11.7. The van der Waals surface area contributed by atoms with E-state index in [1.54, 1.807) is 0 Å². The van der Waals surface area contributed by atoms with Crippen LogP contribution in [0.4, 0.5) is 0 Å². The van der Waals surface area contributed by atoms with Gasteiger partial charge >= 0.3 is 0 Å². The Labute approximate surface area is 114 Å². The summed E-state index contributed by atoms with van der Waals surface area (Å²) in [5.41, 5.74) is -0.420. The predicted octanol–water partition coefficient (Wildman–Crippen LogP) is -0.722. The molecule has 5 aliphatic heterocycles. The standard InChI is InChI=1S/C14H23N3O2/c1-13-8-15-2-3-16(9-13)11-14(10-15,12(13)18)17-4-6-19-7-5-17/h2-11H2,1H3. The van der Waals surface area contributed by atoms with E-state index >= 15 is 0 Å². The third-order valence-corrected chi connectivity index (χ3v) is 5.44. The average molecular weight is 265 g/mol. The van der Waals surface area contributed by atoms with Crippen LogP contribution in [0.25, 0.3) is 0 Å². The first-order valence-electron chi connectivity index (χ1n) is 7.45. The fourth-order valence-electron chi connectivity index (χ4n) is 4.72. The van der Waals surface area contributed by atoms with Gasteiger partial charge in [-0.25, -0.2) is 0 Å². The number of morpholine rings is 1. The van der Waals surface area contributed by atoms with E-state index in [2.05, 4.69) is 21.6 Å². The van der Waals surface area contributed by atoms with Crippen LogP contribution in [0.5, 0.6) is 0 Å². The maximum absolute atomic E-state index is 13.1. The molecule has 0 spiro atoms. The second kappa shape index (κ2) is 4.01. The summed E-state index contributed by atoms with van der Waals surface area (Å²) in [6.45, 7) is 11.5. The van der Waals surface area contributed by atoms with E-state index in [9.17, 15) is 4.79 Å². The number of rotatable bonds is 1. The van der Waals surface area contributed by atoms with Crippen molar-refractivity contribution in [3.05, 3.63) is 0 Å². The summed E-state index contributed by atoms with van der Waals surface area (Å²) in [6.07, 6.45) is 0. The minimum atomic E-state index is -0.258. The van der Waals surface area contributed by atoms with Crippen molar-refractivity contribution < 1.29 is 9.53 Å². The van der Waals surface area contributed by atoms with Gasteiger partial charge in [-0.05, 0) is 0 Å². The first-order chi connectivity index (χ1) is 9.12. The Bertz CT molecular complexity index is 389. The topological polar surface area (TPSA) is 36.0 Å². The van der Waals surface area contributed by atoms with Crippen molar-refractivity contribution in [2.75, 3.05) is 65.6 Å². The van der Waals surface area contributed by atoms with E-state index in [4.69, 9.17) is 4.74 Å². The highest BCUT2D eigenvalue weighted by atomic mass is 16.5. The second-order valence-electron chi connectivity index (χ2n) is 6.94. The normalized spacial score (nSPS) is 50.5.